The molecule has 0 aliphatic rings. The Bertz CT molecular complexity index is 331. The number of rotatable bonds is 3. The lowest BCUT2D eigenvalue weighted by Gasteiger charge is -2.13. The Morgan fingerprint density at radius 2 is 1.86 bits per heavy atom. The van der Waals surface area contributed by atoms with Gasteiger partial charge in [-0.1, -0.05) is 0 Å². The SMILES string of the molecule is Nc1cc(F)c(F)cc1C(N)CCO. The predicted molar refractivity (Wildman–Crippen MR) is 49.4 cm³/mol. The predicted octanol–water partition coefficient (Wildman–Crippen LogP) is 0.929. The van der Waals surface area contributed by atoms with Gasteiger partial charge >= 0.3 is 0 Å². The summed E-state index contributed by atoms with van der Waals surface area (Å²) in [7, 11) is 0. The molecular weight excluding hydrogens is 190 g/mol. The minimum atomic E-state index is -0.998. The van der Waals surface area contributed by atoms with E-state index < -0.39 is 17.7 Å². The highest BCUT2D eigenvalue weighted by Gasteiger charge is 2.13. The van der Waals surface area contributed by atoms with Crippen molar-refractivity contribution in [3.8, 4) is 0 Å². The van der Waals surface area contributed by atoms with E-state index in [1.165, 1.54) is 0 Å². The second kappa shape index (κ2) is 4.34. The van der Waals surface area contributed by atoms with Gasteiger partial charge in [0.1, 0.15) is 0 Å². The molecule has 1 aromatic rings. The highest BCUT2D eigenvalue weighted by molar-refractivity contribution is 5.48. The number of nitrogens with two attached hydrogens (primary N) is 2. The molecule has 0 bridgehead atoms. The fraction of sp³-hybridized carbons (Fsp3) is 0.333. The van der Waals surface area contributed by atoms with Gasteiger partial charge in [0, 0.05) is 24.4 Å². The van der Waals surface area contributed by atoms with Gasteiger partial charge in [0.05, 0.1) is 0 Å². The molecule has 1 atom stereocenters. The number of nitrogen functional groups attached to an aromatic ring is 1. The van der Waals surface area contributed by atoms with Crippen LogP contribution in [0.15, 0.2) is 12.1 Å². The minimum absolute atomic E-state index is 0.102. The van der Waals surface area contributed by atoms with Crippen LogP contribution in [-0.2, 0) is 0 Å². The van der Waals surface area contributed by atoms with Crippen LogP contribution in [0.2, 0.25) is 0 Å². The zero-order chi connectivity index (χ0) is 10.7. The van der Waals surface area contributed by atoms with Gasteiger partial charge in [-0.3, -0.25) is 0 Å². The molecule has 0 aliphatic heterocycles. The lowest BCUT2D eigenvalue weighted by atomic mass is 10.0. The topological polar surface area (TPSA) is 72.3 Å². The normalized spacial score (nSPS) is 12.9. The fourth-order valence-corrected chi connectivity index (χ4v) is 1.19. The van der Waals surface area contributed by atoms with Gasteiger partial charge in [0.15, 0.2) is 11.6 Å². The molecule has 1 unspecified atom stereocenters. The second-order valence-corrected chi connectivity index (χ2v) is 3.01. The molecule has 5 N–H and O–H groups in total. The molecule has 0 heterocycles. The zero-order valence-corrected chi connectivity index (χ0v) is 7.50. The number of anilines is 1. The van der Waals surface area contributed by atoms with Gasteiger partial charge in [-0.2, -0.15) is 0 Å². The highest BCUT2D eigenvalue weighted by atomic mass is 19.2. The molecule has 0 radical (unpaired) electrons. The molecule has 14 heavy (non-hydrogen) atoms. The van der Waals surface area contributed by atoms with Crippen molar-refractivity contribution in [2.75, 3.05) is 12.3 Å². The summed E-state index contributed by atoms with van der Waals surface area (Å²) >= 11 is 0. The van der Waals surface area contributed by atoms with E-state index in [4.69, 9.17) is 16.6 Å². The summed E-state index contributed by atoms with van der Waals surface area (Å²) in [4.78, 5) is 0. The number of hydrogen-bond acceptors (Lipinski definition) is 3. The third-order valence-corrected chi connectivity index (χ3v) is 1.97. The van der Waals surface area contributed by atoms with E-state index in [2.05, 4.69) is 0 Å². The molecule has 5 heteroatoms. The standard InChI is InChI=1S/C9H12F2N2O/c10-6-3-5(8(12)1-2-14)9(13)4-7(6)11/h3-4,8,14H,1-2,12-13H2. The summed E-state index contributed by atoms with van der Waals surface area (Å²) < 4.78 is 25.5. The Balaban J connectivity index is 3.02. The first kappa shape index (κ1) is 10.9. The van der Waals surface area contributed by atoms with Crippen LogP contribution < -0.4 is 11.5 Å². The quantitative estimate of drug-likeness (QED) is 0.638. The van der Waals surface area contributed by atoms with E-state index in [1.54, 1.807) is 0 Å². The molecule has 0 amide bonds. The van der Waals surface area contributed by atoms with Crippen molar-refractivity contribution >= 4 is 5.69 Å². The largest absolute Gasteiger partial charge is 0.398 e. The summed E-state index contributed by atoms with van der Waals surface area (Å²) in [6.45, 7) is -0.125. The van der Waals surface area contributed by atoms with Crippen LogP contribution in [0, 0.1) is 11.6 Å². The highest BCUT2D eigenvalue weighted by Crippen LogP contribution is 2.23. The summed E-state index contributed by atoms with van der Waals surface area (Å²) in [6.07, 6.45) is 0.259. The van der Waals surface area contributed by atoms with Gasteiger partial charge in [0.25, 0.3) is 0 Å². The summed E-state index contributed by atoms with van der Waals surface area (Å²) in [6, 6.07) is 1.28. The molecule has 0 saturated carbocycles. The lowest BCUT2D eigenvalue weighted by molar-refractivity contribution is 0.276. The third kappa shape index (κ3) is 2.18. The van der Waals surface area contributed by atoms with Crippen molar-refractivity contribution in [2.24, 2.45) is 5.73 Å². The summed E-state index contributed by atoms with van der Waals surface area (Å²) in [5.74, 6) is -1.98. The van der Waals surface area contributed by atoms with E-state index in [1.807, 2.05) is 0 Å². The van der Waals surface area contributed by atoms with Crippen LogP contribution in [-0.4, -0.2) is 11.7 Å². The molecule has 0 saturated heterocycles. The second-order valence-electron chi connectivity index (χ2n) is 3.01. The van der Waals surface area contributed by atoms with Gasteiger partial charge < -0.3 is 16.6 Å². The van der Waals surface area contributed by atoms with Crippen LogP contribution in [0.5, 0.6) is 0 Å². The molecule has 0 fully saturated rings. The van der Waals surface area contributed by atoms with Gasteiger partial charge in [-0.15, -0.1) is 0 Å². The Hall–Kier alpha value is -1.20. The number of hydrogen-bond donors (Lipinski definition) is 3. The van der Waals surface area contributed by atoms with E-state index >= 15 is 0 Å². The maximum absolute atomic E-state index is 12.8. The number of benzene rings is 1. The van der Waals surface area contributed by atoms with Crippen LogP contribution in [0.1, 0.15) is 18.0 Å². The number of aliphatic hydroxyl groups excluding tert-OH is 1. The van der Waals surface area contributed by atoms with Crippen molar-refractivity contribution < 1.29 is 13.9 Å². The number of halogens is 2. The molecular formula is C9H12F2N2O. The maximum atomic E-state index is 12.8. The van der Waals surface area contributed by atoms with E-state index in [0.717, 1.165) is 12.1 Å². The number of aliphatic hydroxyl groups is 1. The Morgan fingerprint density at radius 1 is 1.29 bits per heavy atom. The fourth-order valence-electron chi connectivity index (χ4n) is 1.19. The summed E-state index contributed by atoms with van der Waals surface area (Å²) in [5.41, 5.74) is 11.5. The van der Waals surface area contributed by atoms with Crippen molar-refractivity contribution in [1.82, 2.24) is 0 Å². The van der Waals surface area contributed by atoms with Crippen molar-refractivity contribution in [1.29, 1.82) is 0 Å². The molecule has 3 nitrogen and oxygen atoms in total. The van der Waals surface area contributed by atoms with Crippen molar-refractivity contribution in [3.05, 3.63) is 29.3 Å². The average Bonchev–Trinajstić information content (AvgIpc) is 2.11. The Kier molecular flexibility index (Phi) is 3.38. The first-order chi connectivity index (χ1) is 6.56. The van der Waals surface area contributed by atoms with Crippen LogP contribution >= 0.6 is 0 Å². The Labute approximate surface area is 80.3 Å². The summed E-state index contributed by atoms with van der Waals surface area (Å²) in [5, 5.41) is 8.62. The first-order valence-electron chi connectivity index (χ1n) is 4.17. The maximum Gasteiger partial charge on any atom is 0.160 e. The van der Waals surface area contributed by atoms with Crippen LogP contribution in [0.4, 0.5) is 14.5 Å². The lowest BCUT2D eigenvalue weighted by Crippen LogP contribution is -2.14. The molecule has 1 rings (SSSR count). The van der Waals surface area contributed by atoms with Gasteiger partial charge in [-0.25, -0.2) is 8.78 Å². The van der Waals surface area contributed by atoms with E-state index in [-0.39, 0.29) is 18.7 Å². The molecule has 1 aromatic carbocycles. The van der Waals surface area contributed by atoms with Gasteiger partial charge in [0.2, 0.25) is 0 Å². The molecule has 0 spiro atoms. The van der Waals surface area contributed by atoms with Crippen LogP contribution in [0.3, 0.4) is 0 Å². The van der Waals surface area contributed by atoms with Crippen molar-refractivity contribution in [2.45, 2.75) is 12.5 Å². The molecule has 0 aliphatic carbocycles. The van der Waals surface area contributed by atoms with Crippen molar-refractivity contribution in [3.63, 3.8) is 0 Å². The Morgan fingerprint density at radius 3 is 2.43 bits per heavy atom. The monoisotopic (exact) mass is 202 g/mol. The first-order valence-corrected chi connectivity index (χ1v) is 4.17. The van der Waals surface area contributed by atoms with E-state index in [9.17, 15) is 8.78 Å². The van der Waals surface area contributed by atoms with Gasteiger partial charge in [-0.05, 0) is 18.1 Å². The zero-order valence-electron chi connectivity index (χ0n) is 7.50. The average molecular weight is 202 g/mol. The van der Waals surface area contributed by atoms with E-state index in [0.29, 0.717) is 5.56 Å². The smallest absolute Gasteiger partial charge is 0.160 e. The van der Waals surface area contributed by atoms with Crippen LogP contribution in [0.25, 0.3) is 0 Å². The minimum Gasteiger partial charge on any atom is -0.398 e. The molecule has 0 aromatic heterocycles. The third-order valence-electron chi connectivity index (χ3n) is 1.97. The molecule has 78 valence electrons.